The van der Waals surface area contributed by atoms with Crippen molar-refractivity contribution in [2.75, 3.05) is 6.54 Å². The minimum Gasteiger partial charge on any atom is -0.326 e. The number of aryl methyl sites for hydroxylation is 1. The number of nitrogens with zero attached hydrogens (tertiary/aromatic N) is 1. The number of unbranched alkanes of at least 4 members (excludes halogenated alkanes) is 2. The van der Waals surface area contributed by atoms with Gasteiger partial charge in [-0.2, -0.15) is 0 Å². The second kappa shape index (κ2) is 12.0. The summed E-state index contributed by atoms with van der Waals surface area (Å²) in [6.07, 6.45) is 6.12. The highest BCUT2D eigenvalue weighted by Gasteiger charge is 2.40. The first-order chi connectivity index (χ1) is 16.7. The zero-order valence-corrected chi connectivity index (χ0v) is 20.7. The van der Waals surface area contributed by atoms with E-state index < -0.39 is 0 Å². The van der Waals surface area contributed by atoms with Crippen molar-refractivity contribution in [1.29, 1.82) is 0 Å². The molecule has 0 aromatic heterocycles. The summed E-state index contributed by atoms with van der Waals surface area (Å²) in [7, 11) is 0. The maximum Gasteiger partial charge on any atom is 0.236 e. The van der Waals surface area contributed by atoms with E-state index in [0.717, 1.165) is 50.6 Å². The molecule has 3 nitrogen and oxygen atoms in total. The number of ketones is 1. The number of hydrogen-bond acceptors (Lipinski definition) is 3. The maximum atomic E-state index is 13.3. The van der Waals surface area contributed by atoms with Crippen LogP contribution in [0.3, 0.4) is 0 Å². The van der Waals surface area contributed by atoms with Crippen molar-refractivity contribution in [2.24, 2.45) is 0 Å². The summed E-state index contributed by atoms with van der Waals surface area (Å²) >= 11 is 1.76. The molecule has 0 spiro atoms. The standard InChI is InChI=1S/C30H33NO2S/c1-2-3-20-27-29(33)31(21-11-10-15-23-13-6-4-7-14-23)30(34-27)26-19-12-18-25(22-26)28(32)24-16-8-5-9-17-24/h4-9,12-14,16-19,22,27,30H,2-3,10-11,15,20-21H2,1H3. The van der Waals surface area contributed by atoms with E-state index >= 15 is 0 Å². The highest BCUT2D eigenvalue weighted by molar-refractivity contribution is 8.01. The third-order valence-corrected chi connectivity index (χ3v) is 7.93. The smallest absolute Gasteiger partial charge is 0.236 e. The lowest BCUT2D eigenvalue weighted by molar-refractivity contribution is -0.130. The molecular formula is C30H33NO2S. The van der Waals surface area contributed by atoms with Crippen LogP contribution in [-0.4, -0.2) is 28.4 Å². The summed E-state index contributed by atoms with van der Waals surface area (Å²) in [5.74, 6) is 0.275. The summed E-state index contributed by atoms with van der Waals surface area (Å²) in [4.78, 5) is 28.4. The molecule has 1 fully saturated rings. The van der Waals surface area contributed by atoms with Gasteiger partial charge in [-0.1, -0.05) is 98.6 Å². The molecule has 0 N–H and O–H groups in total. The first kappa shape index (κ1) is 24.3. The Bertz CT molecular complexity index is 1080. The van der Waals surface area contributed by atoms with E-state index in [4.69, 9.17) is 0 Å². The first-order valence-electron chi connectivity index (χ1n) is 12.4. The topological polar surface area (TPSA) is 37.4 Å². The van der Waals surface area contributed by atoms with Crippen molar-refractivity contribution in [2.45, 2.75) is 56.1 Å². The van der Waals surface area contributed by atoms with Gasteiger partial charge in [0.25, 0.3) is 0 Å². The molecule has 4 rings (SSSR count). The van der Waals surface area contributed by atoms with E-state index in [1.165, 1.54) is 5.56 Å². The Labute approximate surface area is 207 Å². The van der Waals surface area contributed by atoms with Crippen molar-refractivity contribution in [3.05, 3.63) is 107 Å². The van der Waals surface area contributed by atoms with Crippen LogP contribution in [0.15, 0.2) is 84.9 Å². The van der Waals surface area contributed by atoms with Crippen molar-refractivity contribution in [3.8, 4) is 0 Å². The van der Waals surface area contributed by atoms with Gasteiger partial charge < -0.3 is 4.90 Å². The van der Waals surface area contributed by atoms with Crippen LogP contribution in [0.1, 0.15) is 71.5 Å². The molecule has 1 aliphatic heterocycles. The molecule has 3 aromatic rings. The lowest BCUT2D eigenvalue weighted by Gasteiger charge is -2.24. The van der Waals surface area contributed by atoms with Crippen LogP contribution in [-0.2, 0) is 11.2 Å². The molecule has 0 aliphatic carbocycles. The van der Waals surface area contributed by atoms with Gasteiger partial charge in [-0.15, -0.1) is 11.8 Å². The van der Waals surface area contributed by atoms with Crippen LogP contribution in [0, 0.1) is 0 Å². The average molecular weight is 472 g/mol. The van der Waals surface area contributed by atoms with Crippen LogP contribution in [0.2, 0.25) is 0 Å². The Hall–Kier alpha value is -2.85. The fourth-order valence-electron chi connectivity index (χ4n) is 4.50. The molecule has 2 atom stereocenters. The first-order valence-corrected chi connectivity index (χ1v) is 13.3. The molecular weight excluding hydrogens is 438 g/mol. The van der Waals surface area contributed by atoms with E-state index in [2.05, 4.69) is 42.2 Å². The van der Waals surface area contributed by atoms with Gasteiger partial charge in [-0.25, -0.2) is 0 Å². The van der Waals surface area contributed by atoms with E-state index in [0.29, 0.717) is 11.1 Å². The molecule has 1 heterocycles. The van der Waals surface area contributed by atoms with Crippen molar-refractivity contribution < 1.29 is 9.59 Å². The molecule has 34 heavy (non-hydrogen) atoms. The highest BCUT2D eigenvalue weighted by Crippen LogP contribution is 2.45. The summed E-state index contributed by atoms with van der Waals surface area (Å²) in [6, 6.07) is 27.8. The number of carbonyl (C=O) groups is 2. The Morgan fingerprint density at radius 3 is 2.29 bits per heavy atom. The summed E-state index contributed by atoms with van der Waals surface area (Å²) < 4.78 is 0. The summed E-state index contributed by atoms with van der Waals surface area (Å²) in [6.45, 7) is 2.92. The normalized spacial score (nSPS) is 17.8. The Morgan fingerprint density at radius 2 is 1.56 bits per heavy atom. The van der Waals surface area contributed by atoms with Gasteiger partial charge in [0.15, 0.2) is 5.78 Å². The highest BCUT2D eigenvalue weighted by atomic mass is 32.2. The number of thioether (sulfide) groups is 1. The quantitative estimate of drug-likeness (QED) is 0.222. The molecule has 0 saturated carbocycles. The predicted molar refractivity (Wildman–Crippen MR) is 141 cm³/mol. The lowest BCUT2D eigenvalue weighted by Crippen LogP contribution is -2.32. The molecule has 2 unspecified atom stereocenters. The predicted octanol–water partition coefficient (Wildman–Crippen LogP) is 7.07. The number of amides is 1. The van der Waals surface area contributed by atoms with Crippen molar-refractivity contribution >= 4 is 23.5 Å². The zero-order chi connectivity index (χ0) is 23.8. The van der Waals surface area contributed by atoms with Crippen molar-refractivity contribution in [1.82, 2.24) is 4.90 Å². The van der Waals surface area contributed by atoms with E-state index in [-0.39, 0.29) is 22.3 Å². The van der Waals surface area contributed by atoms with Gasteiger partial charge >= 0.3 is 0 Å². The minimum absolute atomic E-state index is 0.00699. The third-order valence-electron chi connectivity index (χ3n) is 6.38. The minimum atomic E-state index is -0.0328. The van der Waals surface area contributed by atoms with Gasteiger partial charge in [0.1, 0.15) is 5.37 Å². The van der Waals surface area contributed by atoms with Gasteiger partial charge in [0.05, 0.1) is 5.25 Å². The second-order valence-electron chi connectivity index (χ2n) is 8.91. The van der Waals surface area contributed by atoms with E-state index in [1.807, 2.05) is 54.6 Å². The molecule has 1 aliphatic rings. The molecule has 3 aromatic carbocycles. The molecule has 0 radical (unpaired) electrons. The lowest BCUT2D eigenvalue weighted by atomic mass is 10.0. The Kier molecular flexibility index (Phi) is 8.59. The molecule has 1 amide bonds. The SMILES string of the molecule is CCCCC1SC(c2cccc(C(=O)c3ccccc3)c2)N(CCCCc2ccccc2)C1=O. The largest absolute Gasteiger partial charge is 0.326 e. The number of carbonyl (C=O) groups excluding carboxylic acids is 2. The van der Waals surface area contributed by atoms with Crippen LogP contribution in [0.5, 0.6) is 0 Å². The fraction of sp³-hybridized carbons (Fsp3) is 0.333. The molecule has 176 valence electrons. The molecule has 0 bridgehead atoms. The third kappa shape index (κ3) is 5.98. The van der Waals surface area contributed by atoms with Crippen LogP contribution >= 0.6 is 11.8 Å². The summed E-state index contributed by atoms with van der Waals surface area (Å²) in [5.41, 5.74) is 3.75. The average Bonchev–Trinajstić information content (AvgIpc) is 3.21. The Balaban J connectivity index is 1.49. The van der Waals surface area contributed by atoms with Gasteiger partial charge in [0.2, 0.25) is 5.91 Å². The maximum absolute atomic E-state index is 13.3. The van der Waals surface area contributed by atoms with Gasteiger partial charge in [0, 0.05) is 17.7 Å². The number of rotatable bonds is 11. The zero-order valence-electron chi connectivity index (χ0n) is 19.9. The molecule has 1 saturated heterocycles. The fourth-order valence-corrected chi connectivity index (χ4v) is 6.03. The summed E-state index contributed by atoms with van der Waals surface area (Å²) in [5, 5.41) is -0.0258. The van der Waals surface area contributed by atoms with E-state index in [1.54, 1.807) is 11.8 Å². The van der Waals surface area contributed by atoms with Crippen LogP contribution in [0.25, 0.3) is 0 Å². The van der Waals surface area contributed by atoms with Crippen LogP contribution < -0.4 is 0 Å². The van der Waals surface area contributed by atoms with Gasteiger partial charge in [-0.3, -0.25) is 9.59 Å². The second-order valence-corrected chi connectivity index (χ2v) is 10.2. The number of hydrogen-bond donors (Lipinski definition) is 0. The number of benzene rings is 3. The monoisotopic (exact) mass is 471 g/mol. The van der Waals surface area contributed by atoms with Gasteiger partial charge in [-0.05, 0) is 42.9 Å². The van der Waals surface area contributed by atoms with Crippen LogP contribution in [0.4, 0.5) is 0 Å². The Morgan fingerprint density at radius 1 is 0.853 bits per heavy atom. The molecule has 4 heteroatoms. The van der Waals surface area contributed by atoms with E-state index in [9.17, 15) is 9.59 Å². The van der Waals surface area contributed by atoms with Crippen molar-refractivity contribution in [3.63, 3.8) is 0 Å².